The third-order valence-corrected chi connectivity index (χ3v) is 4.20. The van der Waals surface area contributed by atoms with Gasteiger partial charge < -0.3 is 10.2 Å². The van der Waals surface area contributed by atoms with Crippen LogP contribution in [0.5, 0.6) is 0 Å². The molecular weight excluding hydrogens is 296 g/mol. The largest absolute Gasteiger partial charge is 0.336 e. The van der Waals surface area contributed by atoms with Crippen molar-refractivity contribution in [2.24, 2.45) is 0 Å². The Bertz CT molecular complexity index is 627. The van der Waals surface area contributed by atoms with Crippen molar-refractivity contribution in [3.8, 4) is 0 Å². The summed E-state index contributed by atoms with van der Waals surface area (Å²) in [6.45, 7) is 2.21. The first-order valence-corrected chi connectivity index (χ1v) is 7.91. The fraction of sp³-hybridized carbons (Fsp3) is 0.278. The molecule has 0 aromatic heterocycles. The highest BCUT2D eigenvalue weighted by Gasteiger charge is 2.28. The van der Waals surface area contributed by atoms with Crippen molar-refractivity contribution >= 4 is 17.5 Å². The summed E-state index contributed by atoms with van der Waals surface area (Å²) in [4.78, 5) is 14.6. The van der Waals surface area contributed by atoms with Gasteiger partial charge in [0.1, 0.15) is 0 Å². The summed E-state index contributed by atoms with van der Waals surface area (Å²) in [5.41, 5.74) is 2.29. The number of nitrogens with one attached hydrogen (secondary N) is 1. The highest BCUT2D eigenvalue weighted by Crippen LogP contribution is 2.14. The molecule has 2 aromatic carbocycles. The zero-order valence-corrected chi connectivity index (χ0v) is 13.1. The van der Waals surface area contributed by atoms with Gasteiger partial charge in [-0.2, -0.15) is 0 Å². The van der Waals surface area contributed by atoms with Gasteiger partial charge in [0.15, 0.2) is 0 Å². The van der Waals surface area contributed by atoms with E-state index in [0.717, 1.165) is 30.1 Å². The van der Waals surface area contributed by atoms with E-state index in [-0.39, 0.29) is 11.9 Å². The standard InChI is InChI=1S/C18H19ClN2O/c19-16-8-6-15(7-9-16)13-21-11-10-20-17(18(21)22)12-14-4-2-1-3-5-14/h1-9,17,20H,10-13H2/t17-/m0/s1. The molecule has 0 bridgehead atoms. The van der Waals surface area contributed by atoms with Gasteiger partial charge in [0.25, 0.3) is 0 Å². The van der Waals surface area contributed by atoms with E-state index < -0.39 is 0 Å². The number of piperazine rings is 1. The number of amides is 1. The quantitative estimate of drug-likeness (QED) is 0.941. The van der Waals surface area contributed by atoms with Crippen LogP contribution in [0.1, 0.15) is 11.1 Å². The molecule has 1 aliphatic heterocycles. The SMILES string of the molecule is O=C1[C@H](Cc2ccccc2)NCCN1Cc1ccc(Cl)cc1. The third kappa shape index (κ3) is 3.67. The fourth-order valence-electron chi connectivity index (χ4n) is 2.77. The molecule has 0 saturated carbocycles. The lowest BCUT2D eigenvalue weighted by Gasteiger charge is -2.33. The molecule has 0 unspecified atom stereocenters. The average molecular weight is 315 g/mol. The molecule has 1 N–H and O–H groups in total. The van der Waals surface area contributed by atoms with Crippen LogP contribution in [0.25, 0.3) is 0 Å². The minimum Gasteiger partial charge on any atom is -0.336 e. The van der Waals surface area contributed by atoms with Crippen LogP contribution in [0.15, 0.2) is 54.6 Å². The van der Waals surface area contributed by atoms with Gasteiger partial charge in [0.05, 0.1) is 6.04 Å². The fourth-order valence-corrected chi connectivity index (χ4v) is 2.89. The van der Waals surface area contributed by atoms with Crippen molar-refractivity contribution in [3.63, 3.8) is 0 Å². The van der Waals surface area contributed by atoms with Crippen molar-refractivity contribution in [1.82, 2.24) is 10.2 Å². The summed E-state index contributed by atoms with van der Waals surface area (Å²) in [6.07, 6.45) is 0.733. The number of benzene rings is 2. The second kappa shape index (κ2) is 6.95. The molecule has 2 aromatic rings. The van der Waals surface area contributed by atoms with Crippen molar-refractivity contribution in [2.45, 2.75) is 19.0 Å². The van der Waals surface area contributed by atoms with E-state index in [9.17, 15) is 4.79 Å². The van der Waals surface area contributed by atoms with E-state index in [2.05, 4.69) is 17.4 Å². The van der Waals surface area contributed by atoms with Gasteiger partial charge in [0.2, 0.25) is 5.91 Å². The zero-order chi connectivity index (χ0) is 15.4. The Hall–Kier alpha value is -1.84. The van der Waals surface area contributed by atoms with Gasteiger partial charge in [-0.25, -0.2) is 0 Å². The van der Waals surface area contributed by atoms with Crippen LogP contribution in [0.3, 0.4) is 0 Å². The van der Waals surface area contributed by atoms with E-state index in [1.54, 1.807) is 0 Å². The number of hydrogen-bond donors (Lipinski definition) is 1. The smallest absolute Gasteiger partial charge is 0.240 e. The molecule has 1 atom stereocenters. The number of carbonyl (C=O) groups excluding carboxylic acids is 1. The monoisotopic (exact) mass is 314 g/mol. The summed E-state index contributed by atoms with van der Waals surface area (Å²) in [7, 11) is 0. The van der Waals surface area contributed by atoms with Gasteiger partial charge in [0, 0.05) is 24.7 Å². The maximum absolute atomic E-state index is 12.6. The summed E-state index contributed by atoms with van der Waals surface area (Å²) < 4.78 is 0. The molecule has 1 heterocycles. The number of hydrogen-bond acceptors (Lipinski definition) is 2. The van der Waals surface area contributed by atoms with Crippen LogP contribution in [0, 0.1) is 0 Å². The van der Waals surface area contributed by atoms with Gasteiger partial charge >= 0.3 is 0 Å². The maximum Gasteiger partial charge on any atom is 0.240 e. The van der Waals surface area contributed by atoms with E-state index in [0.29, 0.717) is 6.54 Å². The topological polar surface area (TPSA) is 32.3 Å². The Morgan fingerprint density at radius 2 is 1.77 bits per heavy atom. The second-order valence-corrected chi connectivity index (χ2v) is 6.02. The second-order valence-electron chi connectivity index (χ2n) is 5.58. The predicted molar refractivity (Wildman–Crippen MR) is 88.8 cm³/mol. The molecule has 1 aliphatic rings. The zero-order valence-electron chi connectivity index (χ0n) is 12.3. The molecule has 3 rings (SSSR count). The highest BCUT2D eigenvalue weighted by atomic mass is 35.5. The normalized spacial score (nSPS) is 18.5. The molecular formula is C18H19ClN2O. The Labute approximate surface area is 135 Å². The lowest BCUT2D eigenvalue weighted by molar-refractivity contribution is -0.136. The summed E-state index contributed by atoms with van der Waals surface area (Å²) in [5, 5.41) is 4.05. The summed E-state index contributed by atoms with van der Waals surface area (Å²) >= 11 is 5.91. The van der Waals surface area contributed by atoms with Crippen LogP contribution in [0.2, 0.25) is 5.02 Å². The van der Waals surface area contributed by atoms with E-state index in [1.165, 1.54) is 5.56 Å². The summed E-state index contributed by atoms with van der Waals surface area (Å²) in [6, 6.07) is 17.7. The number of carbonyl (C=O) groups is 1. The van der Waals surface area contributed by atoms with Crippen LogP contribution in [0.4, 0.5) is 0 Å². The maximum atomic E-state index is 12.6. The van der Waals surface area contributed by atoms with Crippen LogP contribution < -0.4 is 5.32 Å². The molecule has 4 heteroatoms. The number of rotatable bonds is 4. The van der Waals surface area contributed by atoms with Crippen molar-refractivity contribution in [3.05, 3.63) is 70.7 Å². The van der Waals surface area contributed by atoms with Gasteiger partial charge in [-0.15, -0.1) is 0 Å². The average Bonchev–Trinajstić information content (AvgIpc) is 2.54. The lowest BCUT2D eigenvalue weighted by atomic mass is 10.0. The van der Waals surface area contributed by atoms with Crippen molar-refractivity contribution < 1.29 is 4.79 Å². The molecule has 0 aliphatic carbocycles. The minimum absolute atomic E-state index is 0.136. The van der Waals surface area contributed by atoms with Crippen LogP contribution >= 0.6 is 11.6 Å². The molecule has 22 heavy (non-hydrogen) atoms. The Morgan fingerprint density at radius 1 is 1.05 bits per heavy atom. The van der Waals surface area contributed by atoms with Crippen molar-refractivity contribution in [2.75, 3.05) is 13.1 Å². The number of halogens is 1. The predicted octanol–water partition coefficient (Wildman–Crippen LogP) is 2.88. The molecule has 1 amide bonds. The van der Waals surface area contributed by atoms with Crippen LogP contribution in [-0.4, -0.2) is 29.9 Å². The Kier molecular flexibility index (Phi) is 4.76. The molecule has 0 radical (unpaired) electrons. The number of nitrogens with zero attached hydrogens (tertiary/aromatic N) is 1. The first-order chi connectivity index (χ1) is 10.7. The first-order valence-electron chi connectivity index (χ1n) is 7.53. The van der Waals surface area contributed by atoms with Crippen LogP contribution in [-0.2, 0) is 17.8 Å². The summed E-state index contributed by atoms with van der Waals surface area (Å²) in [5.74, 6) is 0.171. The van der Waals surface area contributed by atoms with Crippen molar-refractivity contribution in [1.29, 1.82) is 0 Å². The molecule has 1 fully saturated rings. The van der Waals surface area contributed by atoms with E-state index in [1.807, 2.05) is 47.4 Å². The highest BCUT2D eigenvalue weighted by molar-refractivity contribution is 6.30. The molecule has 0 spiro atoms. The molecule has 3 nitrogen and oxygen atoms in total. The first kappa shape index (κ1) is 15.1. The van der Waals surface area contributed by atoms with Gasteiger partial charge in [-0.05, 0) is 29.7 Å². The van der Waals surface area contributed by atoms with E-state index >= 15 is 0 Å². The molecule has 114 valence electrons. The Morgan fingerprint density at radius 3 is 2.50 bits per heavy atom. The lowest BCUT2D eigenvalue weighted by Crippen LogP contribution is -2.55. The Balaban J connectivity index is 1.66. The molecule has 1 saturated heterocycles. The van der Waals surface area contributed by atoms with Gasteiger partial charge in [-0.3, -0.25) is 4.79 Å². The van der Waals surface area contributed by atoms with Gasteiger partial charge in [-0.1, -0.05) is 54.1 Å². The van der Waals surface area contributed by atoms with E-state index in [4.69, 9.17) is 11.6 Å². The third-order valence-electron chi connectivity index (χ3n) is 3.95. The minimum atomic E-state index is -0.136.